The van der Waals surface area contributed by atoms with Gasteiger partial charge in [0.2, 0.25) is 0 Å². The molecule has 1 rings (SSSR count). The number of nitrogens with one attached hydrogen (secondary N) is 1. The lowest BCUT2D eigenvalue weighted by Gasteiger charge is -2.33. The minimum absolute atomic E-state index is 0.475. The van der Waals surface area contributed by atoms with E-state index in [-0.39, 0.29) is 0 Å². The van der Waals surface area contributed by atoms with Crippen molar-refractivity contribution in [1.82, 2.24) is 9.97 Å². The first kappa shape index (κ1) is 17.7. The molecule has 1 aromatic rings. The molecule has 5 heteroatoms. The third kappa shape index (κ3) is 4.30. The first-order chi connectivity index (χ1) is 10.1. The van der Waals surface area contributed by atoms with E-state index in [0.29, 0.717) is 12.6 Å². The maximum Gasteiger partial charge on any atom is 0.137 e. The zero-order valence-electron chi connectivity index (χ0n) is 14.4. The number of aromatic nitrogens is 2. The van der Waals surface area contributed by atoms with Gasteiger partial charge in [-0.25, -0.2) is 9.97 Å². The van der Waals surface area contributed by atoms with Crippen molar-refractivity contribution < 1.29 is 4.74 Å². The molecule has 0 aliphatic rings. The maximum atomic E-state index is 5.29. The van der Waals surface area contributed by atoms with E-state index in [1.165, 1.54) is 0 Å². The van der Waals surface area contributed by atoms with E-state index in [1.54, 1.807) is 7.11 Å². The Kier molecular flexibility index (Phi) is 7.43. The summed E-state index contributed by atoms with van der Waals surface area (Å²) in [5, 5.41) is 3.19. The molecule has 0 saturated carbocycles. The summed E-state index contributed by atoms with van der Waals surface area (Å²) in [5.41, 5.74) is 1.11. The second-order valence-corrected chi connectivity index (χ2v) is 5.20. The van der Waals surface area contributed by atoms with Crippen LogP contribution in [0.25, 0.3) is 0 Å². The van der Waals surface area contributed by atoms with Gasteiger partial charge in [-0.3, -0.25) is 0 Å². The predicted octanol–water partition coefficient (Wildman–Crippen LogP) is 3.03. The van der Waals surface area contributed by atoms with Crippen LogP contribution in [-0.4, -0.2) is 43.3 Å². The smallest absolute Gasteiger partial charge is 0.137 e. The molecule has 120 valence electrons. The lowest BCUT2D eigenvalue weighted by atomic mass is 10.1. The molecule has 0 spiro atoms. The van der Waals surface area contributed by atoms with Gasteiger partial charge in [-0.1, -0.05) is 20.8 Å². The summed E-state index contributed by atoms with van der Waals surface area (Å²) in [7, 11) is 3.66. The molecule has 0 amide bonds. The summed E-state index contributed by atoms with van der Waals surface area (Å²) >= 11 is 0. The first-order valence-corrected chi connectivity index (χ1v) is 7.93. The van der Waals surface area contributed by atoms with Crippen molar-refractivity contribution in [2.24, 2.45) is 0 Å². The SMILES string of the molecule is CCc1nc(NC)c(C)c(N(CCOC)C(CC)CC)n1. The lowest BCUT2D eigenvalue weighted by Crippen LogP contribution is -2.38. The minimum atomic E-state index is 0.475. The number of hydrogen-bond donors (Lipinski definition) is 1. The van der Waals surface area contributed by atoms with Gasteiger partial charge >= 0.3 is 0 Å². The Morgan fingerprint density at radius 1 is 1.19 bits per heavy atom. The number of nitrogens with zero attached hydrogens (tertiary/aromatic N) is 3. The number of rotatable bonds is 9. The zero-order chi connectivity index (χ0) is 15.8. The molecule has 0 radical (unpaired) electrons. The van der Waals surface area contributed by atoms with Crippen LogP contribution in [0.1, 0.15) is 45.0 Å². The van der Waals surface area contributed by atoms with Crippen LogP contribution in [0.5, 0.6) is 0 Å². The summed E-state index contributed by atoms with van der Waals surface area (Å²) in [6.45, 7) is 10.2. The second-order valence-electron chi connectivity index (χ2n) is 5.20. The van der Waals surface area contributed by atoms with Gasteiger partial charge in [0.25, 0.3) is 0 Å². The zero-order valence-corrected chi connectivity index (χ0v) is 14.4. The van der Waals surface area contributed by atoms with E-state index >= 15 is 0 Å². The number of aryl methyl sites for hydroxylation is 1. The molecule has 0 saturated heterocycles. The summed E-state index contributed by atoms with van der Waals surface area (Å²) in [6, 6.07) is 0.475. The third-order valence-electron chi connectivity index (χ3n) is 3.91. The highest BCUT2D eigenvalue weighted by Gasteiger charge is 2.21. The van der Waals surface area contributed by atoms with Crippen molar-refractivity contribution in [1.29, 1.82) is 0 Å². The van der Waals surface area contributed by atoms with Gasteiger partial charge in [0.1, 0.15) is 17.5 Å². The van der Waals surface area contributed by atoms with E-state index in [9.17, 15) is 0 Å². The molecule has 0 aromatic carbocycles. The van der Waals surface area contributed by atoms with Crippen LogP contribution < -0.4 is 10.2 Å². The van der Waals surface area contributed by atoms with Gasteiger partial charge in [0, 0.05) is 38.7 Å². The van der Waals surface area contributed by atoms with Crippen molar-refractivity contribution in [3.63, 3.8) is 0 Å². The Morgan fingerprint density at radius 2 is 1.86 bits per heavy atom. The molecular formula is C16H30N4O. The van der Waals surface area contributed by atoms with Crippen LogP contribution in [0.2, 0.25) is 0 Å². The van der Waals surface area contributed by atoms with Gasteiger partial charge in [-0.15, -0.1) is 0 Å². The normalized spacial score (nSPS) is 11.0. The van der Waals surface area contributed by atoms with Crippen molar-refractivity contribution in [2.75, 3.05) is 37.5 Å². The molecule has 1 heterocycles. The maximum absolute atomic E-state index is 5.29. The van der Waals surface area contributed by atoms with E-state index in [0.717, 1.165) is 48.8 Å². The van der Waals surface area contributed by atoms with Crippen molar-refractivity contribution in [3.8, 4) is 0 Å². The minimum Gasteiger partial charge on any atom is -0.383 e. The van der Waals surface area contributed by atoms with Gasteiger partial charge < -0.3 is 15.0 Å². The number of hydrogen-bond acceptors (Lipinski definition) is 5. The molecule has 0 fully saturated rings. The Bertz CT molecular complexity index is 433. The van der Waals surface area contributed by atoms with Gasteiger partial charge in [0.05, 0.1) is 6.61 Å². The molecule has 1 N–H and O–H groups in total. The fourth-order valence-electron chi connectivity index (χ4n) is 2.61. The molecule has 1 aromatic heterocycles. The van der Waals surface area contributed by atoms with E-state index in [4.69, 9.17) is 9.72 Å². The van der Waals surface area contributed by atoms with E-state index in [1.807, 2.05) is 7.05 Å². The highest BCUT2D eigenvalue weighted by atomic mass is 16.5. The Balaban J connectivity index is 3.27. The van der Waals surface area contributed by atoms with Crippen LogP contribution in [-0.2, 0) is 11.2 Å². The van der Waals surface area contributed by atoms with Crippen LogP contribution in [0.3, 0.4) is 0 Å². The van der Waals surface area contributed by atoms with E-state index in [2.05, 4.69) is 42.9 Å². The summed E-state index contributed by atoms with van der Waals surface area (Å²) in [4.78, 5) is 11.7. The molecular weight excluding hydrogens is 264 g/mol. The molecule has 0 aliphatic carbocycles. The Morgan fingerprint density at radius 3 is 2.33 bits per heavy atom. The van der Waals surface area contributed by atoms with Crippen molar-refractivity contribution >= 4 is 11.6 Å². The van der Waals surface area contributed by atoms with Gasteiger partial charge in [0.15, 0.2) is 0 Å². The number of ether oxygens (including phenoxy) is 1. The Labute approximate surface area is 129 Å². The van der Waals surface area contributed by atoms with Crippen LogP contribution in [0.15, 0.2) is 0 Å². The molecule has 21 heavy (non-hydrogen) atoms. The predicted molar refractivity (Wildman–Crippen MR) is 89.3 cm³/mol. The van der Waals surface area contributed by atoms with Crippen LogP contribution >= 0.6 is 0 Å². The van der Waals surface area contributed by atoms with E-state index < -0.39 is 0 Å². The summed E-state index contributed by atoms with van der Waals surface area (Å²) in [5.74, 6) is 2.84. The highest BCUT2D eigenvalue weighted by molar-refractivity contribution is 5.59. The van der Waals surface area contributed by atoms with Crippen LogP contribution in [0.4, 0.5) is 11.6 Å². The lowest BCUT2D eigenvalue weighted by molar-refractivity contribution is 0.202. The largest absolute Gasteiger partial charge is 0.383 e. The fraction of sp³-hybridized carbons (Fsp3) is 0.750. The average molecular weight is 294 g/mol. The summed E-state index contributed by atoms with van der Waals surface area (Å²) < 4.78 is 5.29. The fourth-order valence-corrected chi connectivity index (χ4v) is 2.61. The monoisotopic (exact) mass is 294 g/mol. The summed E-state index contributed by atoms with van der Waals surface area (Å²) in [6.07, 6.45) is 3.03. The molecule has 0 atom stereocenters. The topological polar surface area (TPSA) is 50.3 Å². The first-order valence-electron chi connectivity index (χ1n) is 7.93. The third-order valence-corrected chi connectivity index (χ3v) is 3.91. The van der Waals surface area contributed by atoms with Gasteiger partial charge in [-0.05, 0) is 19.8 Å². The second kappa shape index (κ2) is 8.82. The number of methoxy groups -OCH3 is 1. The standard InChI is InChI=1S/C16H30N4O/c1-7-13(8-2)20(10-11-21-6)16-12(4)15(17-5)18-14(9-3)19-16/h13H,7-11H2,1-6H3,(H,17,18,19). The number of anilines is 2. The molecule has 0 aliphatic heterocycles. The average Bonchev–Trinajstić information content (AvgIpc) is 2.52. The molecule has 5 nitrogen and oxygen atoms in total. The van der Waals surface area contributed by atoms with Gasteiger partial charge in [-0.2, -0.15) is 0 Å². The van der Waals surface area contributed by atoms with Crippen LogP contribution in [0, 0.1) is 6.92 Å². The van der Waals surface area contributed by atoms with Crippen molar-refractivity contribution in [3.05, 3.63) is 11.4 Å². The molecule has 0 bridgehead atoms. The highest BCUT2D eigenvalue weighted by Crippen LogP contribution is 2.26. The quantitative estimate of drug-likeness (QED) is 0.758. The molecule has 0 unspecified atom stereocenters. The Hall–Kier alpha value is -1.36. The van der Waals surface area contributed by atoms with Crippen molar-refractivity contribution in [2.45, 2.75) is 53.0 Å².